The molecule has 7 nitrogen and oxygen atoms in total. The molecule has 0 atom stereocenters. The number of anilines is 2. The Morgan fingerprint density at radius 3 is 2.50 bits per heavy atom. The Labute approximate surface area is 154 Å². The topological polar surface area (TPSA) is 57.6 Å². The van der Waals surface area contributed by atoms with E-state index in [0.29, 0.717) is 0 Å². The lowest BCUT2D eigenvalue weighted by Crippen LogP contribution is -2.47. The number of nitrogens with zero attached hydrogens (tertiary/aromatic N) is 6. The van der Waals surface area contributed by atoms with Gasteiger partial charge in [-0.25, -0.2) is 4.98 Å². The van der Waals surface area contributed by atoms with Crippen LogP contribution in [0, 0.1) is 6.92 Å². The summed E-state index contributed by atoms with van der Waals surface area (Å²) in [6.45, 7) is 10.2. The highest BCUT2D eigenvalue weighted by molar-refractivity contribution is 5.46. The maximum Gasteiger partial charge on any atom is 0.227 e. The van der Waals surface area contributed by atoms with Crippen molar-refractivity contribution in [2.24, 2.45) is 0 Å². The number of hydrogen-bond acceptors (Lipinski definition) is 7. The van der Waals surface area contributed by atoms with Gasteiger partial charge in [0.1, 0.15) is 5.82 Å². The van der Waals surface area contributed by atoms with Crippen LogP contribution in [0.3, 0.4) is 0 Å². The molecule has 0 spiro atoms. The first-order valence-corrected chi connectivity index (χ1v) is 9.33. The van der Waals surface area contributed by atoms with Crippen molar-refractivity contribution < 1.29 is 4.74 Å². The fraction of sp³-hybridized carbons (Fsp3) is 0.526. The molecule has 0 amide bonds. The fourth-order valence-corrected chi connectivity index (χ4v) is 3.46. The predicted molar refractivity (Wildman–Crippen MR) is 102 cm³/mol. The van der Waals surface area contributed by atoms with E-state index < -0.39 is 0 Å². The molecule has 0 saturated carbocycles. The normalized spacial score (nSPS) is 19.0. The van der Waals surface area contributed by atoms with Crippen LogP contribution in [0.5, 0.6) is 0 Å². The van der Waals surface area contributed by atoms with E-state index in [1.807, 2.05) is 25.3 Å². The van der Waals surface area contributed by atoms with Crippen LogP contribution < -0.4 is 9.80 Å². The van der Waals surface area contributed by atoms with E-state index in [2.05, 4.69) is 36.8 Å². The molecule has 2 aliphatic heterocycles. The van der Waals surface area contributed by atoms with Crippen molar-refractivity contribution in [3.8, 4) is 0 Å². The van der Waals surface area contributed by atoms with Gasteiger partial charge >= 0.3 is 0 Å². The third-order valence-corrected chi connectivity index (χ3v) is 4.93. The molecule has 2 aromatic rings. The van der Waals surface area contributed by atoms with E-state index in [0.717, 1.165) is 82.2 Å². The summed E-state index contributed by atoms with van der Waals surface area (Å²) in [5, 5.41) is 0. The molecule has 0 aliphatic carbocycles. The Kier molecular flexibility index (Phi) is 5.26. The second-order valence-corrected chi connectivity index (χ2v) is 6.85. The Bertz CT molecular complexity index is 711. The molecule has 0 unspecified atom stereocenters. The molecule has 2 saturated heterocycles. The highest BCUT2D eigenvalue weighted by Gasteiger charge is 2.21. The molecular formula is C19H26N6O. The van der Waals surface area contributed by atoms with Crippen LogP contribution in [0.25, 0.3) is 0 Å². The van der Waals surface area contributed by atoms with Crippen LogP contribution in [0.2, 0.25) is 0 Å². The van der Waals surface area contributed by atoms with E-state index in [4.69, 9.17) is 9.72 Å². The maximum absolute atomic E-state index is 5.45. The molecule has 4 heterocycles. The molecule has 0 radical (unpaired) electrons. The van der Waals surface area contributed by atoms with Gasteiger partial charge in [0.2, 0.25) is 5.95 Å². The molecule has 2 aliphatic rings. The molecular weight excluding hydrogens is 328 g/mol. The van der Waals surface area contributed by atoms with Gasteiger partial charge in [-0.3, -0.25) is 9.88 Å². The molecule has 2 aromatic heterocycles. The molecule has 7 heteroatoms. The van der Waals surface area contributed by atoms with Crippen molar-refractivity contribution in [1.29, 1.82) is 0 Å². The number of piperazine rings is 1. The Hall–Kier alpha value is -2.25. The number of aromatic nitrogens is 3. The lowest BCUT2D eigenvalue weighted by atomic mass is 10.2. The molecule has 4 rings (SSSR count). The Morgan fingerprint density at radius 1 is 0.962 bits per heavy atom. The zero-order chi connectivity index (χ0) is 17.8. The summed E-state index contributed by atoms with van der Waals surface area (Å²) in [5.74, 6) is 1.87. The van der Waals surface area contributed by atoms with Gasteiger partial charge in [0.05, 0.1) is 18.9 Å². The minimum absolute atomic E-state index is 0.768. The smallest absolute Gasteiger partial charge is 0.227 e. The number of pyridine rings is 1. The SMILES string of the molecule is Cc1cc(N2CCOCC2)nc(N2CCN(Cc3ccccn3)CC2)n1. The number of aryl methyl sites for hydroxylation is 1. The largest absolute Gasteiger partial charge is 0.378 e. The first-order valence-electron chi connectivity index (χ1n) is 9.33. The second-order valence-electron chi connectivity index (χ2n) is 6.85. The van der Waals surface area contributed by atoms with Crippen LogP contribution in [0.15, 0.2) is 30.5 Å². The predicted octanol–water partition coefficient (Wildman–Crippen LogP) is 1.34. The molecule has 138 valence electrons. The molecule has 0 N–H and O–H groups in total. The van der Waals surface area contributed by atoms with E-state index in [-0.39, 0.29) is 0 Å². The molecule has 0 aromatic carbocycles. The highest BCUT2D eigenvalue weighted by Crippen LogP contribution is 2.20. The van der Waals surface area contributed by atoms with Crippen LogP contribution in [-0.2, 0) is 11.3 Å². The monoisotopic (exact) mass is 354 g/mol. The van der Waals surface area contributed by atoms with Crippen LogP contribution in [-0.4, -0.2) is 72.3 Å². The summed E-state index contributed by atoms with van der Waals surface area (Å²) >= 11 is 0. The lowest BCUT2D eigenvalue weighted by molar-refractivity contribution is 0.122. The Balaban J connectivity index is 1.40. The van der Waals surface area contributed by atoms with Crippen LogP contribution in [0.1, 0.15) is 11.4 Å². The van der Waals surface area contributed by atoms with Gasteiger partial charge in [-0.15, -0.1) is 0 Å². The van der Waals surface area contributed by atoms with Crippen molar-refractivity contribution in [3.63, 3.8) is 0 Å². The van der Waals surface area contributed by atoms with Gasteiger partial charge in [-0.2, -0.15) is 4.98 Å². The van der Waals surface area contributed by atoms with Crippen molar-refractivity contribution >= 4 is 11.8 Å². The van der Waals surface area contributed by atoms with Crippen molar-refractivity contribution in [2.45, 2.75) is 13.5 Å². The zero-order valence-electron chi connectivity index (χ0n) is 15.3. The fourth-order valence-electron chi connectivity index (χ4n) is 3.46. The number of morpholine rings is 1. The minimum atomic E-state index is 0.768. The maximum atomic E-state index is 5.45. The lowest BCUT2D eigenvalue weighted by Gasteiger charge is -2.35. The first kappa shape index (κ1) is 17.2. The van der Waals surface area contributed by atoms with Crippen LogP contribution >= 0.6 is 0 Å². The quantitative estimate of drug-likeness (QED) is 0.821. The third-order valence-electron chi connectivity index (χ3n) is 4.93. The van der Waals surface area contributed by atoms with E-state index in [1.165, 1.54) is 0 Å². The summed E-state index contributed by atoms with van der Waals surface area (Å²) < 4.78 is 5.45. The van der Waals surface area contributed by atoms with Gasteiger partial charge in [-0.05, 0) is 19.1 Å². The zero-order valence-corrected chi connectivity index (χ0v) is 15.3. The summed E-state index contributed by atoms with van der Waals surface area (Å²) in [4.78, 5) is 21.0. The van der Waals surface area contributed by atoms with Crippen molar-refractivity contribution in [2.75, 3.05) is 62.3 Å². The number of rotatable bonds is 4. The molecule has 2 fully saturated rings. The summed E-state index contributed by atoms with van der Waals surface area (Å²) in [5.41, 5.74) is 2.15. The van der Waals surface area contributed by atoms with Crippen molar-refractivity contribution in [1.82, 2.24) is 19.9 Å². The minimum Gasteiger partial charge on any atom is -0.378 e. The standard InChI is InChI=1S/C19H26N6O/c1-16-14-18(24-10-12-26-13-11-24)22-19(21-16)25-8-6-23(7-9-25)15-17-4-2-3-5-20-17/h2-5,14H,6-13,15H2,1H3. The van der Waals surface area contributed by atoms with Gasteiger partial charge in [0.15, 0.2) is 0 Å². The molecule has 26 heavy (non-hydrogen) atoms. The molecule has 0 bridgehead atoms. The highest BCUT2D eigenvalue weighted by atomic mass is 16.5. The summed E-state index contributed by atoms with van der Waals surface area (Å²) in [6, 6.07) is 8.17. The average molecular weight is 354 g/mol. The third kappa shape index (κ3) is 4.11. The van der Waals surface area contributed by atoms with Gasteiger partial charge in [-0.1, -0.05) is 6.07 Å². The van der Waals surface area contributed by atoms with Gasteiger partial charge < -0.3 is 14.5 Å². The van der Waals surface area contributed by atoms with Gasteiger partial charge in [0.25, 0.3) is 0 Å². The van der Waals surface area contributed by atoms with Crippen molar-refractivity contribution in [3.05, 3.63) is 41.9 Å². The van der Waals surface area contributed by atoms with E-state index >= 15 is 0 Å². The number of hydrogen-bond donors (Lipinski definition) is 0. The van der Waals surface area contributed by atoms with E-state index in [9.17, 15) is 0 Å². The Morgan fingerprint density at radius 2 is 1.77 bits per heavy atom. The average Bonchev–Trinajstić information content (AvgIpc) is 2.70. The number of ether oxygens (including phenoxy) is 1. The van der Waals surface area contributed by atoms with E-state index in [1.54, 1.807) is 0 Å². The van der Waals surface area contributed by atoms with Crippen LogP contribution in [0.4, 0.5) is 11.8 Å². The van der Waals surface area contributed by atoms with Gasteiger partial charge in [0, 0.05) is 63.8 Å². The summed E-state index contributed by atoms with van der Waals surface area (Å²) in [6.07, 6.45) is 1.86. The first-order chi connectivity index (χ1) is 12.8. The second kappa shape index (κ2) is 7.97. The summed E-state index contributed by atoms with van der Waals surface area (Å²) in [7, 11) is 0.